The maximum absolute atomic E-state index is 12.2. The second kappa shape index (κ2) is 6.24. The molecule has 0 fully saturated rings. The summed E-state index contributed by atoms with van der Waals surface area (Å²) in [5, 5.41) is 0.690. The molecule has 0 aliphatic rings. The van der Waals surface area contributed by atoms with Gasteiger partial charge in [0.2, 0.25) is 0 Å². The van der Waals surface area contributed by atoms with Gasteiger partial charge in [-0.2, -0.15) is 0 Å². The number of ketones is 1. The van der Waals surface area contributed by atoms with E-state index in [0.717, 1.165) is 0 Å². The number of carbonyl (C=O) groups excluding carboxylic acids is 1. The number of aryl methyl sites for hydroxylation is 1. The van der Waals surface area contributed by atoms with Crippen LogP contribution in [0.25, 0.3) is 0 Å². The standard InChI is InChI=1S/C13H9Cl2IN2O2/c1-7-17-5-11(16)13(20)18(7)6-12(19)8-2-3-9(14)10(15)4-8/h2-5H,6H2,1H3. The van der Waals surface area contributed by atoms with E-state index < -0.39 is 0 Å². The molecule has 20 heavy (non-hydrogen) atoms. The molecule has 0 atom stereocenters. The first-order valence-electron chi connectivity index (χ1n) is 5.60. The summed E-state index contributed by atoms with van der Waals surface area (Å²) >= 11 is 13.6. The fourth-order valence-electron chi connectivity index (χ4n) is 1.64. The zero-order valence-electron chi connectivity index (χ0n) is 10.4. The van der Waals surface area contributed by atoms with Crippen LogP contribution in [0.2, 0.25) is 10.0 Å². The summed E-state index contributed by atoms with van der Waals surface area (Å²) in [6.07, 6.45) is 1.48. The number of halogens is 3. The summed E-state index contributed by atoms with van der Waals surface area (Å²) in [4.78, 5) is 28.3. The second-order valence-corrected chi connectivity index (χ2v) is 6.07. The van der Waals surface area contributed by atoms with Crippen molar-refractivity contribution in [2.24, 2.45) is 0 Å². The van der Waals surface area contributed by atoms with Gasteiger partial charge in [0, 0.05) is 11.8 Å². The van der Waals surface area contributed by atoms with Gasteiger partial charge < -0.3 is 0 Å². The summed E-state index contributed by atoms with van der Waals surface area (Å²) in [5.74, 6) is 0.265. The highest BCUT2D eigenvalue weighted by molar-refractivity contribution is 14.1. The Morgan fingerprint density at radius 1 is 1.35 bits per heavy atom. The van der Waals surface area contributed by atoms with Crippen molar-refractivity contribution in [2.45, 2.75) is 13.5 Å². The molecule has 0 spiro atoms. The number of aromatic nitrogens is 2. The maximum atomic E-state index is 12.2. The van der Waals surface area contributed by atoms with Crippen molar-refractivity contribution in [3.63, 3.8) is 0 Å². The number of nitrogens with zero attached hydrogens (tertiary/aromatic N) is 2. The van der Waals surface area contributed by atoms with Crippen LogP contribution in [0.15, 0.2) is 29.2 Å². The molecule has 4 nitrogen and oxygen atoms in total. The van der Waals surface area contributed by atoms with Crippen molar-refractivity contribution in [2.75, 3.05) is 0 Å². The predicted octanol–water partition coefficient (Wildman–Crippen LogP) is 3.35. The van der Waals surface area contributed by atoms with E-state index >= 15 is 0 Å². The Labute approximate surface area is 138 Å². The van der Waals surface area contributed by atoms with Crippen LogP contribution in [0.4, 0.5) is 0 Å². The van der Waals surface area contributed by atoms with Crippen molar-refractivity contribution < 1.29 is 4.79 Å². The lowest BCUT2D eigenvalue weighted by Gasteiger charge is -2.09. The highest BCUT2D eigenvalue weighted by Gasteiger charge is 2.13. The van der Waals surface area contributed by atoms with Gasteiger partial charge in [-0.3, -0.25) is 14.2 Å². The molecule has 1 aromatic carbocycles. The second-order valence-electron chi connectivity index (χ2n) is 4.10. The quantitative estimate of drug-likeness (QED) is 0.563. The molecule has 1 aromatic heterocycles. The molecule has 0 bridgehead atoms. The van der Waals surface area contributed by atoms with Crippen molar-refractivity contribution >= 4 is 51.6 Å². The van der Waals surface area contributed by atoms with Crippen LogP contribution in [0, 0.1) is 10.5 Å². The SMILES string of the molecule is Cc1ncc(I)c(=O)n1CC(=O)c1ccc(Cl)c(Cl)c1. The molecule has 1 heterocycles. The van der Waals surface area contributed by atoms with Gasteiger partial charge in [-0.1, -0.05) is 23.2 Å². The lowest BCUT2D eigenvalue weighted by atomic mass is 10.1. The molecule has 2 rings (SSSR count). The van der Waals surface area contributed by atoms with Crippen molar-refractivity contribution in [3.8, 4) is 0 Å². The number of Topliss-reactive ketones (excluding diaryl/α,β-unsaturated/α-hetero) is 1. The topological polar surface area (TPSA) is 52.0 Å². The Balaban J connectivity index is 2.35. The smallest absolute Gasteiger partial charge is 0.267 e. The third-order valence-corrected chi connectivity index (χ3v) is 4.23. The fourth-order valence-corrected chi connectivity index (χ4v) is 2.37. The lowest BCUT2D eigenvalue weighted by Crippen LogP contribution is -2.28. The van der Waals surface area contributed by atoms with E-state index in [4.69, 9.17) is 23.2 Å². The predicted molar refractivity (Wildman–Crippen MR) is 86.7 cm³/mol. The number of benzene rings is 1. The minimum absolute atomic E-state index is 0.0769. The molecular formula is C13H9Cl2IN2O2. The minimum Gasteiger partial charge on any atom is -0.292 e. The van der Waals surface area contributed by atoms with E-state index in [9.17, 15) is 9.59 Å². The van der Waals surface area contributed by atoms with Gasteiger partial charge in [-0.05, 0) is 47.7 Å². The van der Waals surface area contributed by atoms with Crippen LogP contribution in [-0.4, -0.2) is 15.3 Å². The Morgan fingerprint density at radius 2 is 2.05 bits per heavy atom. The average molecular weight is 423 g/mol. The Morgan fingerprint density at radius 3 is 2.70 bits per heavy atom. The van der Waals surface area contributed by atoms with Crippen molar-refractivity contribution in [3.05, 3.63) is 59.8 Å². The van der Waals surface area contributed by atoms with Crippen molar-refractivity contribution in [1.82, 2.24) is 9.55 Å². The third-order valence-electron chi connectivity index (χ3n) is 2.75. The van der Waals surface area contributed by atoms with Crippen LogP contribution in [-0.2, 0) is 6.54 Å². The first-order chi connectivity index (χ1) is 9.40. The van der Waals surface area contributed by atoms with Gasteiger partial charge in [0.25, 0.3) is 5.56 Å². The van der Waals surface area contributed by atoms with Crippen LogP contribution in [0.5, 0.6) is 0 Å². The molecule has 0 N–H and O–H groups in total. The summed E-state index contributed by atoms with van der Waals surface area (Å²) in [6.45, 7) is 1.60. The summed E-state index contributed by atoms with van der Waals surface area (Å²) in [6, 6.07) is 4.63. The molecule has 0 unspecified atom stereocenters. The number of carbonyl (C=O) groups is 1. The zero-order chi connectivity index (χ0) is 14.9. The van der Waals surface area contributed by atoms with Crippen LogP contribution in [0.1, 0.15) is 16.2 Å². The number of hydrogen-bond acceptors (Lipinski definition) is 3. The maximum Gasteiger partial charge on any atom is 0.267 e. The molecule has 7 heteroatoms. The molecule has 0 aliphatic heterocycles. The summed E-state index contributed by atoms with van der Waals surface area (Å²) in [7, 11) is 0. The lowest BCUT2D eigenvalue weighted by molar-refractivity contribution is 0.0969. The summed E-state index contributed by atoms with van der Waals surface area (Å²) in [5.41, 5.74) is 0.177. The van der Waals surface area contributed by atoms with Gasteiger partial charge in [0.05, 0.1) is 20.2 Å². The zero-order valence-corrected chi connectivity index (χ0v) is 14.0. The highest BCUT2D eigenvalue weighted by atomic mass is 127. The molecule has 0 radical (unpaired) electrons. The van der Waals surface area contributed by atoms with Gasteiger partial charge in [-0.25, -0.2) is 4.98 Å². The number of hydrogen-bond donors (Lipinski definition) is 0. The van der Waals surface area contributed by atoms with E-state index in [1.165, 1.54) is 16.8 Å². The highest BCUT2D eigenvalue weighted by Crippen LogP contribution is 2.22. The molecule has 2 aromatic rings. The van der Waals surface area contributed by atoms with Gasteiger partial charge in [0.1, 0.15) is 5.82 Å². The van der Waals surface area contributed by atoms with Crippen LogP contribution >= 0.6 is 45.8 Å². The van der Waals surface area contributed by atoms with E-state index in [2.05, 4.69) is 4.98 Å². The molecular weight excluding hydrogens is 414 g/mol. The minimum atomic E-state index is -0.230. The average Bonchev–Trinajstić information content (AvgIpc) is 2.42. The van der Waals surface area contributed by atoms with E-state index in [0.29, 0.717) is 25.0 Å². The molecule has 104 valence electrons. The van der Waals surface area contributed by atoms with Crippen LogP contribution in [0.3, 0.4) is 0 Å². The molecule has 0 saturated carbocycles. The first kappa shape index (κ1) is 15.5. The third kappa shape index (κ3) is 3.21. The molecule has 0 aliphatic carbocycles. The number of rotatable bonds is 3. The Bertz CT molecular complexity index is 744. The first-order valence-corrected chi connectivity index (χ1v) is 7.44. The van der Waals surface area contributed by atoms with Crippen LogP contribution < -0.4 is 5.56 Å². The Kier molecular flexibility index (Phi) is 4.82. The summed E-state index contributed by atoms with van der Waals surface area (Å²) < 4.78 is 1.81. The fraction of sp³-hybridized carbons (Fsp3) is 0.154. The molecule has 0 amide bonds. The normalized spacial score (nSPS) is 10.6. The van der Waals surface area contributed by atoms with Gasteiger partial charge >= 0.3 is 0 Å². The van der Waals surface area contributed by atoms with E-state index in [1.807, 2.05) is 22.6 Å². The van der Waals surface area contributed by atoms with E-state index in [-0.39, 0.29) is 17.9 Å². The molecule has 0 saturated heterocycles. The van der Waals surface area contributed by atoms with Gasteiger partial charge in [0.15, 0.2) is 5.78 Å². The largest absolute Gasteiger partial charge is 0.292 e. The van der Waals surface area contributed by atoms with Crippen molar-refractivity contribution in [1.29, 1.82) is 0 Å². The monoisotopic (exact) mass is 422 g/mol. The Hall–Kier alpha value is -0.920. The van der Waals surface area contributed by atoms with Gasteiger partial charge in [-0.15, -0.1) is 0 Å². The van der Waals surface area contributed by atoms with E-state index in [1.54, 1.807) is 19.1 Å².